The van der Waals surface area contributed by atoms with Crippen LogP contribution in [0.3, 0.4) is 0 Å². The van der Waals surface area contributed by atoms with E-state index in [4.69, 9.17) is 9.47 Å². The van der Waals surface area contributed by atoms with E-state index in [2.05, 4.69) is 10.3 Å². The van der Waals surface area contributed by atoms with Gasteiger partial charge in [0.05, 0.1) is 20.6 Å². The Morgan fingerprint density at radius 3 is 2.45 bits per heavy atom. The predicted molar refractivity (Wildman–Crippen MR) is 161 cm³/mol. The molecule has 0 radical (unpaired) electrons. The monoisotopic (exact) mass is 571 g/mol. The van der Waals surface area contributed by atoms with Crippen LogP contribution in [-0.2, 0) is 22.4 Å². The Hall–Kier alpha value is -4.33. The lowest BCUT2D eigenvalue weighted by atomic mass is 9.94. The van der Waals surface area contributed by atoms with Crippen molar-refractivity contribution < 1.29 is 23.5 Å². The van der Waals surface area contributed by atoms with Crippen LogP contribution in [0.25, 0.3) is 10.9 Å². The van der Waals surface area contributed by atoms with Crippen molar-refractivity contribution in [1.29, 1.82) is 0 Å². The summed E-state index contributed by atoms with van der Waals surface area (Å²) in [5.41, 5.74) is 3.31. The lowest BCUT2D eigenvalue weighted by molar-refractivity contribution is -0.140. The number of carbonyl (C=O) groups is 2. The number of H-pyrrole nitrogens is 1. The molecule has 1 fully saturated rings. The smallest absolute Gasteiger partial charge is 0.247 e. The van der Waals surface area contributed by atoms with Crippen molar-refractivity contribution >= 4 is 22.7 Å². The molecule has 4 aromatic rings. The highest BCUT2D eigenvalue weighted by Crippen LogP contribution is 2.30. The normalized spacial score (nSPS) is 14.4. The first-order chi connectivity index (χ1) is 20.5. The molecule has 0 bridgehead atoms. The summed E-state index contributed by atoms with van der Waals surface area (Å²) in [6, 6.07) is 18.5. The first-order valence-electron chi connectivity index (χ1n) is 14.6. The minimum absolute atomic E-state index is 0.0608. The molecule has 8 heteroatoms. The van der Waals surface area contributed by atoms with Gasteiger partial charge in [-0.1, -0.05) is 55.7 Å². The predicted octanol–water partition coefficient (Wildman–Crippen LogP) is 6.13. The number of rotatable bonds is 11. The van der Waals surface area contributed by atoms with Crippen molar-refractivity contribution in [3.8, 4) is 11.5 Å². The molecule has 7 nitrogen and oxygen atoms in total. The number of carbonyl (C=O) groups excluding carboxylic acids is 2. The lowest BCUT2D eigenvalue weighted by Gasteiger charge is -2.33. The molecule has 0 spiro atoms. The average molecular weight is 572 g/mol. The fourth-order valence-corrected chi connectivity index (χ4v) is 5.87. The summed E-state index contributed by atoms with van der Waals surface area (Å²) in [7, 11) is 3.17. The van der Waals surface area contributed by atoms with Crippen molar-refractivity contribution in [2.75, 3.05) is 20.8 Å². The van der Waals surface area contributed by atoms with Gasteiger partial charge in [-0.15, -0.1) is 0 Å². The third-order valence-corrected chi connectivity index (χ3v) is 8.12. The van der Waals surface area contributed by atoms with Crippen LogP contribution in [0, 0.1) is 5.82 Å². The Balaban J connectivity index is 1.49. The number of para-hydroxylation sites is 1. The quantitative estimate of drug-likeness (QED) is 0.227. The minimum Gasteiger partial charge on any atom is -0.493 e. The molecule has 0 aliphatic heterocycles. The van der Waals surface area contributed by atoms with E-state index >= 15 is 0 Å². The van der Waals surface area contributed by atoms with Crippen LogP contribution in [-0.4, -0.2) is 48.5 Å². The molecule has 42 heavy (non-hydrogen) atoms. The molecular formula is C34H38FN3O4. The Labute approximate surface area is 246 Å². The molecular weight excluding hydrogens is 533 g/mol. The summed E-state index contributed by atoms with van der Waals surface area (Å²) in [6.45, 7) is 0.275. The second-order valence-corrected chi connectivity index (χ2v) is 10.9. The van der Waals surface area contributed by atoms with Crippen LogP contribution < -0.4 is 14.8 Å². The van der Waals surface area contributed by atoms with E-state index in [0.29, 0.717) is 23.5 Å². The number of nitrogens with zero attached hydrogens (tertiary/aromatic N) is 1. The number of hydrogen-bond acceptors (Lipinski definition) is 4. The van der Waals surface area contributed by atoms with E-state index in [1.165, 1.54) is 12.1 Å². The van der Waals surface area contributed by atoms with Crippen molar-refractivity contribution in [3.05, 3.63) is 95.4 Å². The first-order valence-corrected chi connectivity index (χ1v) is 14.6. The number of amides is 2. The maximum atomic E-state index is 14.2. The first kappa shape index (κ1) is 29.2. The van der Waals surface area contributed by atoms with Crippen molar-refractivity contribution in [3.63, 3.8) is 0 Å². The van der Waals surface area contributed by atoms with Crippen molar-refractivity contribution in [2.24, 2.45) is 0 Å². The van der Waals surface area contributed by atoms with E-state index in [9.17, 15) is 14.0 Å². The largest absolute Gasteiger partial charge is 0.493 e. The van der Waals surface area contributed by atoms with E-state index < -0.39 is 11.9 Å². The zero-order valence-corrected chi connectivity index (χ0v) is 24.2. The van der Waals surface area contributed by atoms with E-state index in [1.807, 2.05) is 48.7 Å². The summed E-state index contributed by atoms with van der Waals surface area (Å²) in [5.74, 6) is 0.384. The molecule has 1 unspecified atom stereocenters. The molecule has 1 atom stereocenters. The van der Waals surface area contributed by atoms with Crippen LogP contribution in [0.15, 0.2) is 72.9 Å². The summed E-state index contributed by atoms with van der Waals surface area (Å²) in [6.07, 6.45) is 7.56. The molecule has 1 aliphatic rings. The fraction of sp³-hybridized carbons (Fsp3) is 0.353. The number of fused-ring (bicyclic) bond motifs is 1. The van der Waals surface area contributed by atoms with Gasteiger partial charge in [-0.05, 0) is 66.3 Å². The van der Waals surface area contributed by atoms with Gasteiger partial charge in [0.15, 0.2) is 11.5 Å². The average Bonchev–Trinajstić information content (AvgIpc) is 3.42. The number of methoxy groups -OCH3 is 2. The molecule has 2 amide bonds. The van der Waals surface area contributed by atoms with Crippen molar-refractivity contribution in [1.82, 2.24) is 15.2 Å². The van der Waals surface area contributed by atoms with E-state index in [-0.39, 0.29) is 30.8 Å². The van der Waals surface area contributed by atoms with Gasteiger partial charge in [0.2, 0.25) is 11.8 Å². The fourth-order valence-electron chi connectivity index (χ4n) is 5.87. The van der Waals surface area contributed by atoms with Gasteiger partial charge in [-0.3, -0.25) is 9.59 Å². The molecule has 1 aromatic heterocycles. The lowest BCUT2D eigenvalue weighted by Crippen LogP contribution is -2.48. The Morgan fingerprint density at radius 1 is 0.976 bits per heavy atom. The molecule has 2 N–H and O–H groups in total. The highest BCUT2D eigenvalue weighted by molar-refractivity contribution is 5.92. The number of aromatic amines is 1. The number of aromatic nitrogens is 1. The molecule has 220 valence electrons. The van der Waals surface area contributed by atoms with Gasteiger partial charge in [0.1, 0.15) is 11.9 Å². The molecule has 1 saturated carbocycles. The number of ether oxygens (including phenoxy) is 2. The topological polar surface area (TPSA) is 83.7 Å². The Bertz CT molecular complexity index is 1510. The van der Waals surface area contributed by atoms with Crippen LogP contribution in [0.2, 0.25) is 0 Å². The molecule has 3 aromatic carbocycles. The second kappa shape index (κ2) is 13.6. The van der Waals surface area contributed by atoms with Gasteiger partial charge >= 0.3 is 0 Å². The Kier molecular flexibility index (Phi) is 9.41. The van der Waals surface area contributed by atoms with Gasteiger partial charge < -0.3 is 24.7 Å². The van der Waals surface area contributed by atoms with Gasteiger partial charge in [-0.25, -0.2) is 4.39 Å². The van der Waals surface area contributed by atoms with Crippen LogP contribution in [0.5, 0.6) is 11.5 Å². The van der Waals surface area contributed by atoms with Crippen LogP contribution in [0.1, 0.15) is 54.8 Å². The van der Waals surface area contributed by atoms with Gasteiger partial charge in [-0.2, -0.15) is 0 Å². The summed E-state index contributed by atoms with van der Waals surface area (Å²) in [4.78, 5) is 33.1. The number of nitrogens with one attached hydrogen (secondary N) is 2. The van der Waals surface area contributed by atoms with E-state index in [1.54, 1.807) is 31.3 Å². The minimum atomic E-state index is -0.912. The van der Waals surface area contributed by atoms with Crippen LogP contribution >= 0.6 is 0 Å². The summed E-state index contributed by atoms with van der Waals surface area (Å²) < 4.78 is 24.8. The van der Waals surface area contributed by atoms with Gasteiger partial charge in [0.25, 0.3) is 0 Å². The standard InChI is InChI=1S/C34H38FN3O4/c1-41-30-17-12-23(20-31(30)42-2)18-19-38(32(39)21-25-22-36-29-11-7-6-10-28(25)29)33(24-13-15-26(35)16-14-24)34(40)37-27-8-4-3-5-9-27/h6-7,10-17,20,22,27,33,36H,3-5,8-9,18-19,21H2,1-2H3,(H,37,40). The zero-order chi connectivity index (χ0) is 29.5. The Morgan fingerprint density at radius 2 is 1.71 bits per heavy atom. The van der Waals surface area contributed by atoms with Gasteiger partial charge in [0, 0.05) is 29.7 Å². The molecule has 5 rings (SSSR count). The second-order valence-electron chi connectivity index (χ2n) is 10.9. The number of halogens is 1. The molecule has 1 heterocycles. The SMILES string of the molecule is COc1ccc(CCN(C(=O)Cc2c[nH]c3ccccc23)C(C(=O)NC2CCCCC2)c2ccc(F)cc2)cc1OC. The summed E-state index contributed by atoms with van der Waals surface area (Å²) in [5, 5.41) is 4.19. The maximum absolute atomic E-state index is 14.2. The highest BCUT2D eigenvalue weighted by Gasteiger charge is 2.33. The maximum Gasteiger partial charge on any atom is 0.247 e. The third kappa shape index (κ3) is 6.75. The summed E-state index contributed by atoms with van der Waals surface area (Å²) >= 11 is 0. The highest BCUT2D eigenvalue weighted by atomic mass is 19.1. The zero-order valence-electron chi connectivity index (χ0n) is 24.2. The van der Waals surface area contributed by atoms with Crippen LogP contribution in [0.4, 0.5) is 4.39 Å². The number of benzene rings is 3. The molecule has 1 aliphatic carbocycles. The van der Waals surface area contributed by atoms with E-state index in [0.717, 1.165) is 54.1 Å². The number of hydrogen-bond donors (Lipinski definition) is 2. The van der Waals surface area contributed by atoms with Crippen molar-refractivity contribution in [2.45, 2.75) is 57.0 Å². The third-order valence-electron chi connectivity index (χ3n) is 8.12. The molecule has 0 saturated heterocycles.